The Bertz CT molecular complexity index is 826. The Morgan fingerprint density at radius 3 is 2.34 bits per heavy atom. The number of carbonyl (C=O) groups excluding carboxylic acids is 4. The van der Waals surface area contributed by atoms with Gasteiger partial charge in [0.05, 0.1) is 11.1 Å². The first-order valence-corrected chi connectivity index (χ1v) is 10.0. The molecule has 29 heavy (non-hydrogen) atoms. The number of allylic oxidation sites excluding steroid dienone is 1. The van der Waals surface area contributed by atoms with Gasteiger partial charge in [-0.15, -0.1) is 0 Å². The number of fused-ring (bicyclic) bond motifs is 1. The summed E-state index contributed by atoms with van der Waals surface area (Å²) in [5.41, 5.74) is 1.88. The van der Waals surface area contributed by atoms with Gasteiger partial charge >= 0.3 is 5.97 Å². The topological polar surface area (TPSA) is 92.8 Å². The van der Waals surface area contributed by atoms with Gasteiger partial charge in [0, 0.05) is 6.54 Å². The largest absolute Gasteiger partial charge is 0.451 e. The van der Waals surface area contributed by atoms with E-state index in [9.17, 15) is 19.2 Å². The van der Waals surface area contributed by atoms with Crippen LogP contribution in [0.5, 0.6) is 0 Å². The number of rotatable bonds is 7. The number of esters is 1. The molecule has 3 rings (SSSR count). The van der Waals surface area contributed by atoms with Crippen molar-refractivity contribution in [1.82, 2.24) is 10.2 Å². The number of benzene rings is 1. The number of imide groups is 1. The fraction of sp³-hybridized carbons (Fsp3) is 0.455. The van der Waals surface area contributed by atoms with E-state index < -0.39 is 35.8 Å². The van der Waals surface area contributed by atoms with Gasteiger partial charge in [-0.3, -0.25) is 19.3 Å². The highest BCUT2D eigenvalue weighted by atomic mass is 16.5. The summed E-state index contributed by atoms with van der Waals surface area (Å²) in [6.07, 6.45) is 6.56. The Hall–Kier alpha value is -2.96. The smallest absolute Gasteiger partial charge is 0.329 e. The van der Waals surface area contributed by atoms with Crippen molar-refractivity contribution in [3.8, 4) is 0 Å². The van der Waals surface area contributed by atoms with Crippen molar-refractivity contribution >= 4 is 23.7 Å². The summed E-state index contributed by atoms with van der Waals surface area (Å²) in [4.78, 5) is 50.5. The number of hydrogen-bond acceptors (Lipinski definition) is 5. The molecule has 1 aliphatic carbocycles. The summed E-state index contributed by atoms with van der Waals surface area (Å²) in [7, 11) is 0. The lowest BCUT2D eigenvalue weighted by Gasteiger charge is -2.23. The molecule has 0 saturated heterocycles. The highest BCUT2D eigenvalue weighted by Gasteiger charge is 2.41. The fourth-order valence-electron chi connectivity index (χ4n) is 3.61. The van der Waals surface area contributed by atoms with Crippen molar-refractivity contribution in [2.24, 2.45) is 0 Å². The molecule has 0 fully saturated rings. The second-order valence-corrected chi connectivity index (χ2v) is 7.43. The van der Waals surface area contributed by atoms with Crippen LogP contribution in [0.3, 0.4) is 0 Å². The van der Waals surface area contributed by atoms with E-state index in [1.54, 1.807) is 24.3 Å². The van der Waals surface area contributed by atoms with E-state index in [4.69, 9.17) is 4.74 Å². The van der Waals surface area contributed by atoms with Crippen LogP contribution in [-0.4, -0.2) is 47.3 Å². The van der Waals surface area contributed by atoms with E-state index in [1.807, 2.05) is 0 Å². The zero-order valence-electron chi connectivity index (χ0n) is 16.8. The first-order valence-electron chi connectivity index (χ1n) is 10.0. The average Bonchev–Trinajstić information content (AvgIpc) is 2.98. The molecule has 7 heteroatoms. The van der Waals surface area contributed by atoms with Crippen LogP contribution in [0.4, 0.5) is 0 Å². The van der Waals surface area contributed by atoms with Crippen LogP contribution in [0.2, 0.25) is 0 Å². The van der Waals surface area contributed by atoms with Gasteiger partial charge in [-0.25, -0.2) is 4.79 Å². The lowest BCUT2D eigenvalue weighted by molar-refractivity contribution is -0.158. The molecular weight excluding hydrogens is 372 g/mol. The first-order chi connectivity index (χ1) is 13.9. The van der Waals surface area contributed by atoms with E-state index in [0.29, 0.717) is 6.54 Å². The van der Waals surface area contributed by atoms with Crippen molar-refractivity contribution in [1.29, 1.82) is 0 Å². The number of nitrogens with one attached hydrogen (secondary N) is 1. The van der Waals surface area contributed by atoms with Gasteiger partial charge in [0.25, 0.3) is 17.7 Å². The van der Waals surface area contributed by atoms with Crippen LogP contribution in [0.25, 0.3) is 0 Å². The zero-order valence-corrected chi connectivity index (χ0v) is 16.8. The molecule has 0 spiro atoms. The van der Waals surface area contributed by atoms with Gasteiger partial charge in [-0.1, -0.05) is 23.8 Å². The van der Waals surface area contributed by atoms with Crippen molar-refractivity contribution in [2.75, 3.05) is 6.54 Å². The second kappa shape index (κ2) is 9.03. The Morgan fingerprint density at radius 2 is 1.76 bits per heavy atom. The molecule has 0 aromatic heterocycles. The van der Waals surface area contributed by atoms with Crippen LogP contribution in [-0.2, 0) is 14.3 Å². The molecule has 1 aromatic carbocycles. The standard InChI is InChI=1S/C22H26N2O5/c1-14(24-20(26)17-10-6-7-11-18(17)21(24)27)22(28)29-15(2)19(25)23-13-12-16-8-4-3-5-9-16/h6-8,10-11,14-15H,3-5,9,12-13H2,1-2H3,(H,23,25). The molecule has 2 aliphatic rings. The van der Waals surface area contributed by atoms with Gasteiger partial charge in [-0.05, 0) is 58.1 Å². The Balaban J connectivity index is 1.51. The van der Waals surface area contributed by atoms with Crippen LogP contribution in [0, 0.1) is 0 Å². The van der Waals surface area contributed by atoms with Crippen LogP contribution in [0.15, 0.2) is 35.9 Å². The predicted octanol–water partition coefficient (Wildman–Crippen LogP) is 2.61. The van der Waals surface area contributed by atoms with Crippen molar-refractivity contribution in [3.63, 3.8) is 0 Å². The van der Waals surface area contributed by atoms with Gasteiger partial charge in [0.2, 0.25) is 0 Å². The van der Waals surface area contributed by atoms with Crippen molar-refractivity contribution in [2.45, 2.75) is 58.1 Å². The molecule has 1 aromatic rings. The third kappa shape index (κ3) is 4.55. The lowest BCUT2D eigenvalue weighted by Crippen LogP contribution is -2.46. The summed E-state index contributed by atoms with van der Waals surface area (Å²) in [5, 5.41) is 2.77. The molecule has 1 heterocycles. The Kier molecular flexibility index (Phi) is 6.46. The first kappa shape index (κ1) is 20.8. The SMILES string of the molecule is CC(OC(=O)C(C)N1C(=O)c2ccccc2C1=O)C(=O)NCCC1=CCCCC1. The van der Waals surface area contributed by atoms with E-state index in [0.717, 1.165) is 24.2 Å². The highest BCUT2D eigenvalue weighted by molar-refractivity contribution is 6.22. The second-order valence-electron chi connectivity index (χ2n) is 7.43. The quantitative estimate of drug-likeness (QED) is 0.433. The van der Waals surface area contributed by atoms with Gasteiger partial charge in [-0.2, -0.15) is 0 Å². The van der Waals surface area contributed by atoms with Crippen LogP contribution >= 0.6 is 0 Å². The van der Waals surface area contributed by atoms with E-state index >= 15 is 0 Å². The van der Waals surface area contributed by atoms with E-state index in [1.165, 1.54) is 32.3 Å². The summed E-state index contributed by atoms with van der Waals surface area (Å²) >= 11 is 0. The van der Waals surface area contributed by atoms with Crippen molar-refractivity contribution < 1.29 is 23.9 Å². The van der Waals surface area contributed by atoms with E-state index in [-0.39, 0.29) is 11.1 Å². The minimum absolute atomic E-state index is 0.264. The molecule has 1 aliphatic heterocycles. The Labute approximate surface area is 170 Å². The van der Waals surface area contributed by atoms with E-state index in [2.05, 4.69) is 11.4 Å². The molecule has 1 N–H and O–H groups in total. The highest BCUT2D eigenvalue weighted by Crippen LogP contribution is 2.25. The summed E-state index contributed by atoms with van der Waals surface area (Å²) in [5.74, 6) is -2.26. The van der Waals surface area contributed by atoms with Gasteiger partial charge < -0.3 is 10.1 Å². The maximum Gasteiger partial charge on any atom is 0.329 e. The summed E-state index contributed by atoms with van der Waals surface area (Å²) in [6, 6.07) is 5.29. The number of ether oxygens (including phenoxy) is 1. The van der Waals surface area contributed by atoms with Crippen molar-refractivity contribution in [3.05, 3.63) is 47.0 Å². The molecule has 2 unspecified atom stereocenters. The summed E-state index contributed by atoms with van der Waals surface area (Å²) in [6.45, 7) is 3.38. The lowest BCUT2D eigenvalue weighted by atomic mass is 9.97. The minimum Gasteiger partial charge on any atom is -0.451 e. The third-order valence-electron chi connectivity index (χ3n) is 5.35. The van der Waals surface area contributed by atoms with Crippen LogP contribution in [0.1, 0.15) is 66.7 Å². The fourth-order valence-corrected chi connectivity index (χ4v) is 3.61. The molecule has 154 valence electrons. The molecule has 2 atom stereocenters. The number of hydrogen-bond donors (Lipinski definition) is 1. The third-order valence-corrected chi connectivity index (χ3v) is 5.35. The molecule has 3 amide bonds. The number of carbonyl (C=O) groups is 4. The Morgan fingerprint density at radius 1 is 1.10 bits per heavy atom. The monoisotopic (exact) mass is 398 g/mol. The van der Waals surface area contributed by atoms with Gasteiger partial charge in [0.15, 0.2) is 6.10 Å². The molecule has 0 radical (unpaired) electrons. The maximum absolute atomic E-state index is 12.5. The maximum atomic E-state index is 12.5. The molecular formula is C22H26N2O5. The van der Waals surface area contributed by atoms with Crippen LogP contribution < -0.4 is 5.32 Å². The number of amides is 3. The van der Waals surface area contributed by atoms with Gasteiger partial charge in [0.1, 0.15) is 6.04 Å². The number of nitrogens with zero attached hydrogens (tertiary/aromatic N) is 1. The minimum atomic E-state index is -1.12. The normalized spacial score (nSPS) is 18.0. The average molecular weight is 398 g/mol. The predicted molar refractivity (Wildman–Crippen MR) is 106 cm³/mol. The molecule has 0 saturated carbocycles. The summed E-state index contributed by atoms with van der Waals surface area (Å²) < 4.78 is 5.21. The zero-order chi connectivity index (χ0) is 21.0. The molecule has 7 nitrogen and oxygen atoms in total. The molecule has 0 bridgehead atoms.